The van der Waals surface area contributed by atoms with E-state index in [-0.39, 0.29) is 41.2 Å². The molecule has 4 aliphatic carbocycles. The number of hydrazone groups is 1. The molecule has 162 valence electrons. The van der Waals surface area contributed by atoms with Crippen LogP contribution < -0.4 is 4.74 Å². The lowest BCUT2D eigenvalue weighted by Gasteiger charge is -2.37. The van der Waals surface area contributed by atoms with Gasteiger partial charge in [0, 0.05) is 12.1 Å². The van der Waals surface area contributed by atoms with Crippen LogP contribution in [-0.4, -0.2) is 35.1 Å². The highest BCUT2D eigenvalue weighted by molar-refractivity contribution is 6.06. The summed E-state index contributed by atoms with van der Waals surface area (Å²) >= 11 is 0. The number of nitro groups is 1. The Morgan fingerprint density at radius 1 is 1.12 bits per heavy atom. The predicted molar refractivity (Wildman–Crippen MR) is 111 cm³/mol. The number of imide groups is 1. The van der Waals surface area contributed by atoms with Crippen molar-refractivity contribution in [1.82, 2.24) is 5.01 Å². The first-order valence-electron chi connectivity index (χ1n) is 10.5. The molecule has 32 heavy (non-hydrogen) atoms. The Kier molecular flexibility index (Phi) is 3.93. The molecule has 1 saturated heterocycles. The first-order valence-corrected chi connectivity index (χ1v) is 10.5. The Morgan fingerprint density at radius 3 is 2.44 bits per heavy atom. The van der Waals surface area contributed by atoms with Gasteiger partial charge < -0.3 is 9.15 Å². The maximum atomic E-state index is 13.0. The van der Waals surface area contributed by atoms with Crippen LogP contribution in [0.2, 0.25) is 0 Å². The number of methoxy groups -OCH3 is 1. The summed E-state index contributed by atoms with van der Waals surface area (Å²) < 4.78 is 11.0. The maximum Gasteiger partial charge on any atom is 0.270 e. The zero-order valence-corrected chi connectivity index (χ0v) is 17.1. The summed E-state index contributed by atoms with van der Waals surface area (Å²) in [6, 6.07) is 7.47. The third-order valence-electron chi connectivity index (χ3n) is 7.23. The number of nitrogens with zero attached hydrogens (tertiary/aromatic N) is 3. The Hall–Kier alpha value is -3.75. The van der Waals surface area contributed by atoms with Gasteiger partial charge in [-0.3, -0.25) is 19.7 Å². The van der Waals surface area contributed by atoms with Crippen molar-refractivity contribution in [2.24, 2.45) is 40.6 Å². The molecular weight excluding hydrogens is 414 g/mol. The van der Waals surface area contributed by atoms with Crippen LogP contribution in [0.5, 0.6) is 5.75 Å². The van der Waals surface area contributed by atoms with Gasteiger partial charge in [-0.15, -0.1) is 0 Å². The van der Waals surface area contributed by atoms with Crippen molar-refractivity contribution in [3.8, 4) is 17.1 Å². The Bertz CT molecular complexity index is 1190. The van der Waals surface area contributed by atoms with E-state index in [4.69, 9.17) is 9.15 Å². The predicted octanol–water partition coefficient (Wildman–Crippen LogP) is 3.25. The molecule has 2 heterocycles. The van der Waals surface area contributed by atoms with E-state index in [0.29, 0.717) is 34.7 Å². The molecule has 0 spiro atoms. The van der Waals surface area contributed by atoms with Gasteiger partial charge in [-0.2, -0.15) is 10.1 Å². The minimum atomic E-state index is -0.496. The summed E-state index contributed by atoms with van der Waals surface area (Å²) in [6.07, 6.45) is 6.67. The second kappa shape index (κ2) is 6.62. The molecule has 1 aromatic carbocycles. The summed E-state index contributed by atoms with van der Waals surface area (Å²) in [5.74, 6) is 1.33. The monoisotopic (exact) mass is 433 g/mol. The van der Waals surface area contributed by atoms with E-state index in [0.717, 1.165) is 11.4 Å². The Morgan fingerprint density at radius 2 is 1.81 bits per heavy atom. The zero-order valence-electron chi connectivity index (χ0n) is 17.1. The number of allylic oxidation sites excluding steroid dienone is 2. The zero-order chi connectivity index (χ0) is 22.1. The van der Waals surface area contributed by atoms with Crippen LogP contribution in [0.25, 0.3) is 11.3 Å². The molecule has 9 heteroatoms. The highest BCUT2D eigenvalue weighted by atomic mass is 16.6. The smallest absolute Gasteiger partial charge is 0.270 e. The van der Waals surface area contributed by atoms with Gasteiger partial charge in [0.05, 0.1) is 35.6 Å². The minimum absolute atomic E-state index is 0.0930. The van der Waals surface area contributed by atoms with Crippen LogP contribution in [0.3, 0.4) is 0 Å². The van der Waals surface area contributed by atoms with E-state index < -0.39 is 4.92 Å². The molecule has 2 bridgehead atoms. The van der Waals surface area contributed by atoms with Crippen LogP contribution >= 0.6 is 0 Å². The SMILES string of the molecule is COc1ccc([N+](=O)[O-])cc1-c1ccc(/C=N\N2C(=O)[C@@H]3[C@H]4C=C[C@@H]([C@@H]5C[C@@H]45)[C@@H]3C2=O)o1. The number of hydrogen-bond donors (Lipinski definition) is 0. The van der Waals surface area contributed by atoms with Crippen LogP contribution in [0.15, 0.2) is 52.0 Å². The lowest BCUT2D eigenvalue weighted by Crippen LogP contribution is -2.40. The van der Waals surface area contributed by atoms with Crippen LogP contribution in [-0.2, 0) is 9.59 Å². The number of carbonyl (C=O) groups is 2. The molecule has 0 unspecified atom stereocenters. The summed E-state index contributed by atoms with van der Waals surface area (Å²) in [5, 5.41) is 16.3. The third kappa shape index (κ3) is 2.60. The number of non-ortho nitro benzene ring substituents is 1. The molecule has 2 saturated carbocycles. The van der Waals surface area contributed by atoms with Crippen LogP contribution in [0, 0.1) is 45.6 Å². The van der Waals surface area contributed by atoms with E-state index in [1.807, 2.05) is 0 Å². The van der Waals surface area contributed by atoms with Gasteiger partial charge in [0.1, 0.15) is 17.3 Å². The molecular formula is C23H19N3O6. The number of ether oxygens (including phenoxy) is 1. The standard InChI is InChI=1S/C23H19N3O6/c1-31-18-6-2-11(26(29)30)8-17(18)19-7-3-12(32-19)10-24-25-22(27)20-13-4-5-14(16-9-15(13)16)21(20)23(25)28/h2-8,10,13-16,20-21H,9H2,1H3/b24-10-/t13-,14-,15-,16-,20-,21+/m0/s1. The van der Waals surface area contributed by atoms with Gasteiger partial charge in [0.25, 0.3) is 17.5 Å². The van der Waals surface area contributed by atoms with Crippen LogP contribution in [0.1, 0.15) is 12.2 Å². The molecule has 9 nitrogen and oxygen atoms in total. The first-order chi connectivity index (χ1) is 15.5. The molecule has 0 N–H and O–H groups in total. The van der Waals surface area contributed by atoms with E-state index >= 15 is 0 Å². The van der Waals surface area contributed by atoms with Gasteiger partial charge in [-0.1, -0.05) is 12.2 Å². The topological polar surface area (TPSA) is 115 Å². The lowest BCUT2D eigenvalue weighted by molar-refractivity contribution is -0.384. The number of carbonyl (C=O) groups excluding carboxylic acids is 2. The molecule has 2 amide bonds. The van der Waals surface area contributed by atoms with Crippen molar-refractivity contribution in [2.45, 2.75) is 6.42 Å². The highest BCUT2D eigenvalue weighted by Crippen LogP contribution is 2.65. The number of furan rings is 1. The summed E-state index contributed by atoms with van der Waals surface area (Å²) in [6.45, 7) is 0. The van der Waals surface area contributed by atoms with E-state index in [1.165, 1.54) is 31.5 Å². The Labute approximate surface area is 182 Å². The van der Waals surface area contributed by atoms with E-state index in [1.54, 1.807) is 12.1 Å². The second-order valence-corrected chi connectivity index (χ2v) is 8.73. The second-order valence-electron chi connectivity index (χ2n) is 8.73. The van der Waals surface area contributed by atoms with Crippen molar-refractivity contribution in [3.05, 3.63) is 58.4 Å². The molecule has 2 aromatic rings. The fourth-order valence-corrected chi connectivity index (χ4v) is 5.74. The van der Waals surface area contributed by atoms with Gasteiger partial charge in [0.2, 0.25) is 0 Å². The van der Waals surface area contributed by atoms with E-state index in [9.17, 15) is 19.7 Å². The largest absolute Gasteiger partial charge is 0.496 e. The molecule has 7 rings (SSSR count). The highest BCUT2D eigenvalue weighted by Gasteiger charge is 2.67. The van der Waals surface area contributed by atoms with Gasteiger partial charge in [0.15, 0.2) is 0 Å². The number of hydrogen-bond acceptors (Lipinski definition) is 7. The van der Waals surface area contributed by atoms with Crippen molar-refractivity contribution in [3.63, 3.8) is 0 Å². The molecule has 5 aliphatic rings. The number of rotatable bonds is 5. The molecule has 6 atom stereocenters. The van der Waals surface area contributed by atoms with Gasteiger partial charge >= 0.3 is 0 Å². The van der Waals surface area contributed by atoms with E-state index in [2.05, 4.69) is 17.3 Å². The number of amides is 2. The fraction of sp³-hybridized carbons (Fsp3) is 0.348. The quantitative estimate of drug-likeness (QED) is 0.235. The normalized spacial score (nSPS) is 31.8. The molecule has 1 aliphatic heterocycles. The number of nitro benzene ring substituents is 1. The van der Waals surface area contributed by atoms with Crippen LogP contribution in [0.4, 0.5) is 5.69 Å². The summed E-state index contributed by atoms with van der Waals surface area (Å²) in [7, 11) is 1.46. The van der Waals surface area contributed by atoms with Gasteiger partial charge in [-0.25, -0.2) is 0 Å². The van der Waals surface area contributed by atoms with Crippen molar-refractivity contribution >= 4 is 23.7 Å². The minimum Gasteiger partial charge on any atom is -0.496 e. The first kappa shape index (κ1) is 19.0. The third-order valence-corrected chi connectivity index (χ3v) is 7.23. The van der Waals surface area contributed by atoms with Crippen molar-refractivity contribution in [2.75, 3.05) is 7.11 Å². The Balaban J connectivity index is 1.26. The average molecular weight is 433 g/mol. The van der Waals surface area contributed by atoms with Crippen molar-refractivity contribution in [1.29, 1.82) is 0 Å². The van der Waals surface area contributed by atoms with Crippen molar-refractivity contribution < 1.29 is 23.7 Å². The number of benzene rings is 1. The summed E-state index contributed by atoms with van der Waals surface area (Å²) in [4.78, 5) is 36.6. The lowest BCUT2D eigenvalue weighted by atomic mass is 9.63. The van der Waals surface area contributed by atoms with Gasteiger partial charge in [-0.05, 0) is 48.3 Å². The maximum absolute atomic E-state index is 13.0. The fourth-order valence-electron chi connectivity index (χ4n) is 5.74. The average Bonchev–Trinajstić information content (AvgIpc) is 3.44. The molecule has 0 radical (unpaired) electrons. The molecule has 1 aromatic heterocycles. The summed E-state index contributed by atoms with van der Waals surface area (Å²) in [5.41, 5.74) is 0.326. The molecule has 3 fully saturated rings.